The fraction of sp³-hybridized carbons (Fsp3) is 0.389. The number of fused-ring (bicyclic) bond motifs is 2. The minimum absolute atomic E-state index is 0.183. The highest BCUT2D eigenvalue weighted by Crippen LogP contribution is 2.43. The van der Waals surface area contributed by atoms with Crippen LogP contribution in [0.1, 0.15) is 46.8 Å². The van der Waals surface area contributed by atoms with Crippen molar-refractivity contribution in [2.75, 3.05) is 0 Å². The number of hydrogen-bond acceptors (Lipinski definition) is 2. The van der Waals surface area contributed by atoms with E-state index in [-0.39, 0.29) is 11.7 Å². The molecule has 0 N–H and O–H groups in total. The molecule has 3 heterocycles. The Morgan fingerprint density at radius 2 is 1.77 bits per heavy atom. The Morgan fingerprint density at radius 3 is 2.36 bits per heavy atom. The molecule has 2 atom stereocenters. The van der Waals surface area contributed by atoms with E-state index in [1.54, 1.807) is 12.1 Å². The second kappa shape index (κ2) is 5.51. The lowest BCUT2D eigenvalue weighted by Gasteiger charge is -2.39. The van der Waals surface area contributed by atoms with Crippen molar-refractivity contribution in [3.63, 3.8) is 0 Å². The van der Waals surface area contributed by atoms with Gasteiger partial charge in [-0.05, 0) is 60.7 Å². The van der Waals surface area contributed by atoms with E-state index in [2.05, 4.69) is 4.90 Å². The molecule has 4 heteroatoms. The van der Waals surface area contributed by atoms with E-state index in [1.165, 1.54) is 16.9 Å². The summed E-state index contributed by atoms with van der Waals surface area (Å²) >= 11 is 1.52. The summed E-state index contributed by atoms with van der Waals surface area (Å²) in [5.41, 5.74) is 1.21. The molecule has 1 aromatic carbocycles. The molecular weight excluding hydrogens is 297 g/mol. The fourth-order valence-corrected chi connectivity index (χ4v) is 4.71. The van der Waals surface area contributed by atoms with E-state index in [9.17, 15) is 9.18 Å². The average molecular weight is 315 g/mol. The molecule has 4 rings (SSSR count). The minimum atomic E-state index is -0.183. The standard InChI is InChI=1S/C18H18FNOS/c19-14-5-3-12(4-6-14)13-10-15-7-8-16(11-13)20(15)18(21)17-2-1-9-22-17/h1-6,9,13,15-16H,7-8,10-11H2/t15-,16-/m1/s1. The largest absolute Gasteiger partial charge is 0.332 e. The normalized spacial score (nSPS) is 27.1. The highest BCUT2D eigenvalue weighted by Gasteiger charge is 2.43. The van der Waals surface area contributed by atoms with Gasteiger partial charge >= 0.3 is 0 Å². The predicted octanol–water partition coefficient (Wildman–Crippen LogP) is 4.44. The van der Waals surface area contributed by atoms with Crippen molar-refractivity contribution in [2.24, 2.45) is 0 Å². The Balaban J connectivity index is 1.54. The number of benzene rings is 1. The number of piperidine rings is 1. The van der Waals surface area contributed by atoms with Crippen molar-refractivity contribution >= 4 is 17.2 Å². The molecule has 2 saturated heterocycles. The fourth-order valence-electron chi connectivity index (χ4n) is 4.04. The molecule has 2 bridgehead atoms. The molecule has 0 unspecified atom stereocenters. The van der Waals surface area contributed by atoms with Crippen LogP contribution in [0.2, 0.25) is 0 Å². The van der Waals surface area contributed by atoms with E-state index < -0.39 is 0 Å². The molecule has 114 valence electrons. The van der Waals surface area contributed by atoms with Gasteiger partial charge in [0, 0.05) is 12.1 Å². The third-order valence-corrected chi connectivity index (χ3v) is 5.90. The van der Waals surface area contributed by atoms with Crippen LogP contribution >= 0.6 is 11.3 Å². The Bertz CT molecular complexity index is 653. The van der Waals surface area contributed by atoms with Crippen LogP contribution in [0.4, 0.5) is 4.39 Å². The molecular formula is C18H18FNOS. The maximum atomic E-state index is 13.1. The van der Waals surface area contributed by atoms with Gasteiger partial charge in [-0.25, -0.2) is 4.39 Å². The molecule has 0 radical (unpaired) electrons. The lowest BCUT2D eigenvalue weighted by atomic mass is 9.85. The number of nitrogens with zero attached hydrogens (tertiary/aromatic N) is 1. The second-order valence-corrected chi connectivity index (χ2v) is 7.24. The van der Waals surface area contributed by atoms with Crippen LogP contribution in [0.5, 0.6) is 0 Å². The molecule has 1 aromatic heterocycles. The number of rotatable bonds is 2. The number of carbonyl (C=O) groups excluding carboxylic acids is 1. The number of amides is 1. The van der Waals surface area contributed by atoms with Gasteiger partial charge < -0.3 is 4.90 Å². The summed E-state index contributed by atoms with van der Waals surface area (Å²) in [5, 5.41) is 1.96. The van der Waals surface area contributed by atoms with Gasteiger partial charge in [-0.2, -0.15) is 0 Å². The number of halogens is 1. The Kier molecular flexibility index (Phi) is 3.49. The van der Waals surface area contributed by atoms with Gasteiger partial charge in [-0.1, -0.05) is 18.2 Å². The highest BCUT2D eigenvalue weighted by molar-refractivity contribution is 7.12. The van der Waals surface area contributed by atoms with Crippen LogP contribution in [0.25, 0.3) is 0 Å². The maximum Gasteiger partial charge on any atom is 0.264 e. The van der Waals surface area contributed by atoms with Crippen LogP contribution in [0.3, 0.4) is 0 Å². The van der Waals surface area contributed by atoms with E-state index in [1.807, 2.05) is 29.6 Å². The molecule has 0 spiro atoms. The third kappa shape index (κ3) is 2.35. The van der Waals surface area contributed by atoms with Crippen molar-refractivity contribution < 1.29 is 9.18 Å². The monoisotopic (exact) mass is 315 g/mol. The number of hydrogen-bond donors (Lipinski definition) is 0. The van der Waals surface area contributed by atoms with Gasteiger partial charge in [0.25, 0.3) is 5.91 Å². The van der Waals surface area contributed by atoms with Crippen molar-refractivity contribution in [3.8, 4) is 0 Å². The first-order valence-electron chi connectivity index (χ1n) is 7.84. The minimum Gasteiger partial charge on any atom is -0.332 e. The van der Waals surface area contributed by atoms with Crippen LogP contribution in [-0.2, 0) is 0 Å². The molecule has 0 saturated carbocycles. The van der Waals surface area contributed by atoms with Crippen molar-refractivity contribution in [1.82, 2.24) is 4.90 Å². The second-order valence-electron chi connectivity index (χ2n) is 6.29. The van der Waals surface area contributed by atoms with Crippen LogP contribution in [0, 0.1) is 5.82 Å². The van der Waals surface area contributed by atoms with E-state index in [0.717, 1.165) is 30.6 Å². The maximum absolute atomic E-state index is 13.1. The molecule has 0 aliphatic carbocycles. The molecule has 2 aliphatic heterocycles. The van der Waals surface area contributed by atoms with E-state index in [4.69, 9.17) is 0 Å². The molecule has 2 nitrogen and oxygen atoms in total. The van der Waals surface area contributed by atoms with Gasteiger partial charge in [0.2, 0.25) is 0 Å². The Hall–Kier alpha value is -1.68. The first-order chi connectivity index (χ1) is 10.7. The topological polar surface area (TPSA) is 20.3 Å². The SMILES string of the molecule is O=C(c1cccs1)N1[C@@H]2CC[C@@H]1CC(c1ccc(F)cc1)C2. The van der Waals surface area contributed by atoms with Crippen LogP contribution in [0.15, 0.2) is 41.8 Å². The lowest BCUT2D eigenvalue weighted by Crippen LogP contribution is -2.45. The van der Waals surface area contributed by atoms with E-state index >= 15 is 0 Å². The Labute approximate surface area is 133 Å². The number of thiophene rings is 1. The van der Waals surface area contributed by atoms with Crippen LogP contribution < -0.4 is 0 Å². The predicted molar refractivity (Wildman–Crippen MR) is 85.7 cm³/mol. The van der Waals surface area contributed by atoms with Gasteiger partial charge in [-0.3, -0.25) is 4.79 Å². The first-order valence-corrected chi connectivity index (χ1v) is 8.72. The van der Waals surface area contributed by atoms with Crippen LogP contribution in [-0.4, -0.2) is 22.9 Å². The highest BCUT2D eigenvalue weighted by atomic mass is 32.1. The molecule has 2 aromatic rings. The average Bonchev–Trinajstić information content (AvgIpc) is 3.14. The summed E-state index contributed by atoms with van der Waals surface area (Å²) < 4.78 is 13.1. The summed E-state index contributed by atoms with van der Waals surface area (Å²) in [6.45, 7) is 0. The summed E-state index contributed by atoms with van der Waals surface area (Å²) in [7, 11) is 0. The zero-order valence-corrected chi connectivity index (χ0v) is 13.1. The van der Waals surface area contributed by atoms with Gasteiger partial charge in [0.1, 0.15) is 5.82 Å². The summed E-state index contributed by atoms with van der Waals surface area (Å²) in [6, 6.07) is 11.4. The third-order valence-electron chi connectivity index (χ3n) is 5.04. The van der Waals surface area contributed by atoms with Gasteiger partial charge in [-0.15, -0.1) is 11.3 Å². The number of carbonyl (C=O) groups is 1. The molecule has 1 amide bonds. The van der Waals surface area contributed by atoms with Gasteiger partial charge in [0.05, 0.1) is 4.88 Å². The quantitative estimate of drug-likeness (QED) is 0.802. The zero-order valence-electron chi connectivity index (χ0n) is 12.2. The Morgan fingerprint density at radius 1 is 1.09 bits per heavy atom. The summed E-state index contributed by atoms with van der Waals surface area (Å²) in [6.07, 6.45) is 4.19. The lowest BCUT2D eigenvalue weighted by molar-refractivity contribution is 0.0576. The summed E-state index contributed by atoms with van der Waals surface area (Å²) in [4.78, 5) is 15.7. The van der Waals surface area contributed by atoms with E-state index in [0.29, 0.717) is 18.0 Å². The molecule has 2 aliphatic rings. The molecule has 22 heavy (non-hydrogen) atoms. The van der Waals surface area contributed by atoms with Crippen molar-refractivity contribution in [1.29, 1.82) is 0 Å². The van der Waals surface area contributed by atoms with Crippen molar-refractivity contribution in [2.45, 2.75) is 43.7 Å². The first kappa shape index (κ1) is 13.9. The molecule has 2 fully saturated rings. The van der Waals surface area contributed by atoms with Gasteiger partial charge in [0.15, 0.2) is 0 Å². The zero-order chi connectivity index (χ0) is 15.1. The van der Waals surface area contributed by atoms with Crippen molar-refractivity contribution in [3.05, 3.63) is 58.0 Å². The summed E-state index contributed by atoms with van der Waals surface area (Å²) in [5.74, 6) is 0.461. The smallest absolute Gasteiger partial charge is 0.264 e.